The minimum Gasteiger partial charge on any atom is -0.507 e. The van der Waals surface area contributed by atoms with Crippen molar-refractivity contribution in [3.63, 3.8) is 0 Å². The summed E-state index contributed by atoms with van der Waals surface area (Å²) in [6, 6.07) is 27.0. The first-order chi connectivity index (χ1) is 19.1. The van der Waals surface area contributed by atoms with Crippen LogP contribution in [0.4, 0.5) is 0 Å². The van der Waals surface area contributed by atoms with E-state index >= 15 is 0 Å². The van der Waals surface area contributed by atoms with Gasteiger partial charge in [-0.05, 0) is 47.9 Å². The first-order valence-corrected chi connectivity index (χ1v) is 12.7. The highest BCUT2D eigenvalue weighted by molar-refractivity contribution is 6.46. The zero-order valence-electron chi connectivity index (χ0n) is 21.5. The van der Waals surface area contributed by atoms with Gasteiger partial charge in [-0.3, -0.25) is 14.6 Å². The molecule has 0 radical (unpaired) electrons. The third kappa shape index (κ3) is 5.52. The average Bonchev–Trinajstić information content (AvgIpc) is 3.22. The number of carbonyl (C=O) groups is 2. The molecule has 3 aromatic carbocycles. The fraction of sp³-hybridized carbons (Fsp3) is 0.156. The lowest BCUT2D eigenvalue weighted by atomic mass is 9.95. The number of carbonyl (C=O) groups excluding carboxylic acids is 2. The fourth-order valence-electron chi connectivity index (χ4n) is 4.65. The van der Waals surface area contributed by atoms with Gasteiger partial charge in [-0.2, -0.15) is 0 Å². The lowest BCUT2D eigenvalue weighted by Gasteiger charge is -2.26. The SMILES string of the molecule is CCOc1cc([C@H]2/C(=C(/O)c3ccncc3)C(=O)C(=O)N2Cc2ccccc2)ccc1OCc1ccccc1. The molecule has 1 saturated heterocycles. The van der Waals surface area contributed by atoms with E-state index in [2.05, 4.69) is 4.98 Å². The molecule has 0 aliphatic carbocycles. The van der Waals surface area contributed by atoms with Gasteiger partial charge in [0.1, 0.15) is 12.4 Å². The predicted octanol–water partition coefficient (Wildman–Crippen LogP) is 5.68. The van der Waals surface area contributed by atoms with Gasteiger partial charge in [-0.1, -0.05) is 66.7 Å². The molecule has 1 atom stereocenters. The summed E-state index contributed by atoms with van der Waals surface area (Å²) >= 11 is 0. The van der Waals surface area contributed by atoms with E-state index in [4.69, 9.17) is 9.47 Å². The molecule has 1 aliphatic rings. The summed E-state index contributed by atoms with van der Waals surface area (Å²) < 4.78 is 12.0. The van der Waals surface area contributed by atoms with Crippen LogP contribution in [0.15, 0.2) is 109 Å². The first-order valence-electron chi connectivity index (χ1n) is 12.7. The van der Waals surface area contributed by atoms with Gasteiger partial charge in [0, 0.05) is 24.5 Å². The molecule has 1 aliphatic heterocycles. The van der Waals surface area contributed by atoms with Gasteiger partial charge in [0.25, 0.3) is 11.7 Å². The Balaban J connectivity index is 1.58. The average molecular weight is 521 g/mol. The summed E-state index contributed by atoms with van der Waals surface area (Å²) in [6.45, 7) is 2.82. The number of aliphatic hydroxyl groups excluding tert-OH is 1. The van der Waals surface area contributed by atoms with Gasteiger partial charge in [0.15, 0.2) is 11.5 Å². The van der Waals surface area contributed by atoms with Crippen molar-refractivity contribution in [1.29, 1.82) is 0 Å². The highest BCUT2D eigenvalue weighted by Gasteiger charge is 2.46. The van der Waals surface area contributed by atoms with Crippen LogP contribution in [0.25, 0.3) is 5.76 Å². The van der Waals surface area contributed by atoms with Crippen LogP contribution < -0.4 is 9.47 Å². The lowest BCUT2D eigenvalue weighted by Crippen LogP contribution is -2.29. The van der Waals surface area contributed by atoms with Gasteiger partial charge in [-0.25, -0.2) is 0 Å². The first kappa shape index (κ1) is 25.7. The number of ketones is 1. The second kappa shape index (κ2) is 11.6. The Kier molecular flexibility index (Phi) is 7.68. The molecule has 5 rings (SSSR count). The normalized spacial score (nSPS) is 16.3. The number of ether oxygens (including phenoxy) is 2. The van der Waals surface area contributed by atoms with Crippen LogP contribution in [-0.4, -0.2) is 33.3 Å². The number of aliphatic hydroxyl groups is 1. The van der Waals surface area contributed by atoms with Crippen LogP contribution in [0.5, 0.6) is 11.5 Å². The van der Waals surface area contributed by atoms with Crippen molar-refractivity contribution in [2.24, 2.45) is 0 Å². The van der Waals surface area contributed by atoms with Crippen molar-refractivity contribution in [1.82, 2.24) is 9.88 Å². The van der Waals surface area contributed by atoms with E-state index in [1.54, 1.807) is 30.3 Å². The highest BCUT2D eigenvalue weighted by atomic mass is 16.5. The van der Waals surface area contributed by atoms with Crippen molar-refractivity contribution < 1.29 is 24.2 Å². The molecule has 0 bridgehead atoms. The Hall–Kier alpha value is -4.91. The van der Waals surface area contributed by atoms with Crippen LogP contribution in [0, 0.1) is 0 Å². The van der Waals surface area contributed by atoms with Crippen molar-refractivity contribution in [3.8, 4) is 11.5 Å². The topological polar surface area (TPSA) is 89.0 Å². The summed E-state index contributed by atoms with van der Waals surface area (Å²) in [5.74, 6) is -0.646. The van der Waals surface area contributed by atoms with Gasteiger partial charge in [0.05, 0.1) is 18.2 Å². The maximum Gasteiger partial charge on any atom is 0.295 e. The molecule has 0 unspecified atom stereocenters. The summed E-state index contributed by atoms with van der Waals surface area (Å²) in [7, 11) is 0. The quantitative estimate of drug-likeness (QED) is 0.174. The Morgan fingerprint density at radius 3 is 2.18 bits per heavy atom. The maximum atomic E-state index is 13.4. The van der Waals surface area contributed by atoms with Crippen LogP contribution in [-0.2, 0) is 22.7 Å². The van der Waals surface area contributed by atoms with Crippen LogP contribution in [0.2, 0.25) is 0 Å². The number of aromatic nitrogens is 1. The smallest absolute Gasteiger partial charge is 0.295 e. The van der Waals surface area contributed by atoms with E-state index < -0.39 is 17.7 Å². The second-order valence-electron chi connectivity index (χ2n) is 9.06. The second-order valence-corrected chi connectivity index (χ2v) is 9.06. The molecule has 4 aromatic rings. The Bertz CT molecular complexity index is 1490. The summed E-state index contributed by atoms with van der Waals surface area (Å²) in [5.41, 5.74) is 2.91. The van der Waals surface area contributed by atoms with E-state index in [9.17, 15) is 14.7 Å². The summed E-state index contributed by atoms with van der Waals surface area (Å²) in [6.07, 6.45) is 3.05. The minimum absolute atomic E-state index is 0.0162. The van der Waals surface area contributed by atoms with Crippen molar-refractivity contribution in [2.75, 3.05) is 6.61 Å². The molecule has 1 N–H and O–H groups in total. The molecule has 0 saturated carbocycles. The number of benzene rings is 3. The molecule has 1 aromatic heterocycles. The van der Waals surface area contributed by atoms with Gasteiger partial charge in [-0.15, -0.1) is 0 Å². The van der Waals surface area contributed by atoms with Gasteiger partial charge >= 0.3 is 0 Å². The van der Waals surface area contributed by atoms with Gasteiger partial charge < -0.3 is 19.5 Å². The molecule has 39 heavy (non-hydrogen) atoms. The van der Waals surface area contributed by atoms with Crippen molar-refractivity contribution in [3.05, 3.63) is 131 Å². The largest absolute Gasteiger partial charge is 0.507 e. The zero-order valence-corrected chi connectivity index (χ0v) is 21.5. The van der Waals surface area contributed by atoms with Crippen molar-refractivity contribution >= 4 is 17.4 Å². The highest BCUT2D eigenvalue weighted by Crippen LogP contribution is 2.42. The zero-order chi connectivity index (χ0) is 27.2. The predicted molar refractivity (Wildman–Crippen MR) is 147 cm³/mol. The number of pyridine rings is 1. The number of likely N-dealkylation sites (tertiary alicyclic amines) is 1. The van der Waals surface area contributed by atoms with Crippen LogP contribution >= 0.6 is 0 Å². The fourth-order valence-corrected chi connectivity index (χ4v) is 4.65. The Morgan fingerprint density at radius 2 is 1.51 bits per heavy atom. The van der Waals surface area contributed by atoms with Crippen LogP contribution in [0.3, 0.4) is 0 Å². The molecular weight excluding hydrogens is 492 g/mol. The van der Waals surface area contributed by atoms with E-state index in [0.29, 0.717) is 35.8 Å². The van der Waals surface area contributed by atoms with E-state index in [1.165, 1.54) is 17.3 Å². The number of rotatable bonds is 9. The third-order valence-electron chi connectivity index (χ3n) is 6.51. The molecule has 7 heteroatoms. The molecular formula is C32H28N2O5. The standard InChI is InChI=1S/C32H28N2O5/c1-2-38-27-19-25(13-14-26(27)39-21-23-11-7-4-8-12-23)29-28(30(35)24-15-17-33-18-16-24)31(36)32(37)34(29)20-22-9-5-3-6-10-22/h3-19,29,35H,2,20-21H2,1H3/b30-28-/t29-/m0/s1. The molecule has 196 valence electrons. The number of amides is 1. The monoisotopic (exact) mass is 520 g/mol. The third-order valence-corrected chi connectivity index (χ3v) is 6.51. The summed E-state index contributed by atoms with van der Waals surface area (Å²) in [4.78, 5) is 32.2. The molecule has 2 heterocycles. The number of nitrogens with zero attached hydrogens (tertiary/aromatic N) is 2. The van der Waals surface area contributed by atoms with Crippen molar-refractivity contribution in [2.45, 2.75) is 26.1 Å². The minimum atomic E-state index is -0.833. The number of hydrogen-bond donors (Lipinski definition) is 1. The van der Waals surface area contributed by atoms with E-state index in [0.717, 1.165) is 11.1 Å². The number of hydrogen-bond acceptors (Lipinski definition) is 6. The Labute approximate surface area is 227 Å². The van der Waals surface area contributed by atoms with E-state index in [-0.39, 0.29) is 17.9 Å². The Morgan fingerprint density at radius 1 is 0.846 bits per heavy atom. The van der Waals surface area contributed by atoms with Gasteiger partial charge in [0.2, 0.25) is 0 Å². The van der Waals surface area contributed by atoms with Crippen LogP contribution in [0.1, 0.15) is 35.2 Å². The summed E-state index contributed by atoms with van der Waals surface area (Å²) in [5, 5.41) is 11.3. The molecule has 7 nitrogen and oxygen atoms in total. The molecule has 1 amide bonds. The maximum absolute atomic E-state index is 13.4. The molecule has 1 fully saturated rings. The van der Waals surface area contributed by atoms with E-state index in [1.807, 2.05) is 67.6 Å². The lowest BCUT2D eigenvalue weighted by molar-refractivity contribution is -0.140. The molecule has 0 spiro atoms. The number of Topliss-reactive ketones (excluding diaryl/α,β-unsaturated/α-hetero) is 1.